The predicted octanol–water partition coefficient (Wildman–Crippen LogP) is 2.83. The first-order valence-corrected chi connectivity index (χ1v) is 8.58. The lowest BCUT2D eigenvalue weighted by Gasteiger charge is -2.10. The summed E-state index contributed by atoms with van der Waals surface area (Å²) in [5, 5.41) is 12.4. The second kappa shape index (κ2) is 8.49. The maximum absolute atomic E-state index is 5.35. The number of aryl methyl sites for hydroxylation is 1. The summed E-state index contributed by atoms with van der Waals surface area (Å²) in [5.41, 5.74) is 4.15. The van der Waals surface area contributed by atoms with Gasteiger partial charge in [0.2, 0.25) is 0 Å². The van der Waals surface area contributed by atoms with E-state index in [2.05, 4.69) is 33.7 Å². The fourth-order valence-corrected chi connectivity index (χ4v) is 2.86. The number of methoxy groups -OCH3 is 2. The number of hydrogen-bond acceptors (Lipinski definition) is 5. The molecule has 0 aliphatic heterocycles. The Morgan fingerprint density at radius 3 is 2.46 bits per heavy atom. The third-order valence-electron chi connectivity index (χ3n) is 4.16. The van der Waals surface area contributed by atoms with Gasteiger partial charge < -0.3 is 14.8 Å². The van der Waals surface area contributed by atoms with E-state index < -0.39 is 0 Å². The average molecular weight is 352 g/mol. The van der Waals surface area contributed by atoms with Gasteiger partial charge in [0.15, 0.2) is 11.5 Å². The number of benzene rings is 2. The Bertz CT molecular complexity index is 846. The van der Waals surface area contributed by atoms with E-state index >= 15 is 0 Å². The second-order valence-corrected chi connectivity index (χ2v) is 5.97. The maximum Gasteiger partial charge on any atom is 0.160 e. The second-order valence-electron chi connectivity index (χ2n) is 5.97. The minimum Gasteiger partial charge on any atom is -0.493 e. The monoisotopic (exact) mass is 352 g/mol. The van der Waals surface area contributed by atoms with Crippen LogP contribution in [0.2, 0.25) is 0 Å². The molecule has 0 amide bonds. The highest BCUT2D eigenvalue weighted by atomic mass is 16.5. The zero-order valence-corrected chi connectivity index (χ0v) is 15.4. The van der Waals surface area contributed by atoms with Gasteiger partial charge in [0.1, 0.15) is 11.4 Å². The number of hydrogen-bond donors (Lipinski definition) is 1. The molecule has 6 heteroatoms. The van der Waals surface area contributed by atoms with Gasteiger partial charge in [-0.25, -0.2) is 0 Å². The Labute approximate surface area is 153 Å². The van der Waals surface area contributed by atoms with Crippen LogP contribution in [0.3, 0.4) is 0 Å². The van der Waals surface area contributed by atoms with Crippen LogP contribution in [0.1, 0.15) is 11.3 Å². The maximum atomic E-state index is 5.35. The highest BCUT2D eigenvalue weighted by Gasteiger charge is 2.11. The Kier molecular flexibility index (Phi) is 5.86. The first-order chi connectivity index (χ1) is 12.7. The SMILES string of the molecule is COc1ccc(CCNCc2nn(C)nc2-c2ccccc2)cc1OC. The van der Waals surface area contributed by atoms with Crippen LogP contribution in [0.4, 0.5) is 0 Å². The molecular formula is C20H24N4O2. The summed E-state index contributed by atoms with van der Waals surface area (Å²) < 4.78 is 10.6. The van der Waals surface area contributed by atoms with E-state index in [1.807, 2.05) is 37.4 Å². The summed E-state index contributed by atoms with van der Waals surface area (Å²) in [7, 11) is 5.14. The van der Waals surface area contributed by atoms with Crippen molar-refractivity contribution in [2.45, 2.75) is 13.0 Å². The predicted molar refractivity (Wildman–Crippen MR) is 101 cm³/mol. The van der Waals surface area contributed by atoms with E-state index in [-0.39, 0.29) is 0 Å². The van der Waals surface area contributed by atoms with Gasteiger partial charge >= 0.3 is 0 Å². The minimum absolute atomic E-state index is 0.672. The minimum atomic E-state index is 0.672. The lowest BCUT2D eigenvalue weighted by molar-refractivity contribution is 0.354. The average Bonchev–Trinajstić information content (AvgIpc) is 3.06. The van der Waals surface area contributed by atoms with Gasteiger partial charge in [-0.05, 0) is 30.7 Å². The molecule has 0 radical (unpaired) electrons. The fourth-order valence-electron chi connectivity index (χ4n) is 2.86. The van der Waals surface area contributed by atoms with Crippen molar-refractivity contribution >= 4 is 0 Å². The molecule has 0 spiro atoms. The molecular weight excluding hydrogens is 328 g/mol. The summed E-state index contributed by atoms with van der Waals surface area (Å²) in [4.78, 5) is 1.62. The normalized spacial score (nSPS) is 10.7. The smallest absolute Gasteiger partial charge is 0.160 e. The van der Waals surface area contributed by atoms with Crippen LogP contribution >= 0.6 is 0 Å². The molecule has 0 saturated carbocycles. The van der Waals surface area contributed by atoms with E-state index in [0.29, 0.717) is 6.54 Å². The van der Waals surface area contributed by atoms with Gasteiger partial charge in [-0.3, -0.25) is 0 Å². The molecule has 136 valence electrons. The van der Waals surface area contributed by atoms with Crippen molar-refractivity contribution in [2.75, 3.05) is 20.8 Å². The molecule has 0 unspecified atom stereocenters. The number of ether oxygens (including phenoxy) is 2. The zero-order valence-electron chi connectivity index (χ0n) is 15.4. The largest absolute Gasteiger partial charge is 0.493 e. The van der Waals surface area contributed by atoms with E-state index in [1.165, 1.54) is 5.56 Å². The van der Waals surface area contributed by atoms with Crippen LogP contribution in [0.25, 0.3) is 11.3 Å². The van der Waals surface area contributed by atoms with Crippen molar-refractivity contribution in [3.63, 3.8) is 0 Å². The molecule has 0 atom stereocenters. The summed E-state index contributed by atoms with van der Waals surface area (Å²) in [6.07, 6.45) is 0.890. The molecule has 1 aromatic heterocycles. The molecule has 6 nitrogen and oxygen atoms in total. The summed E-state index contributed by atoms with van der Waals surface area (Å²) in [5.74, 6) is 1.50. The van der Waals surface area contributed by atoms with Crippen molar-refractivity contribution < 1.29 is 9.47 Å². The number of rotatable bonds is 8. The van der Waals surface area contributed by atoms with E-state index in [1.54, 1.807) is 19.0 Å². The van der Waals surface area contributed by atoms with Crippen LogP contribution in [-0.4, -0.2) is 35.8 Å². The lowest BCUT2D eigenvalue weighted by atomic mass is 10.1. The topological polar surface area (TPSA) is 61.2 Å². The number of nitrogens with one attached hydrogen (secondary N) is 1. The third-order valence-corrected chi connectivity index (χ3v) is 4.16. The Morgan fingerprint density at radius 2 is 1.73 bits per heavy atom. The molecule has 0 aliphatic carbocycles. The Balaban J connectivity index is 1.59. The highest BCUT2D eigenvalue weighted by molar-refractivity contribution is 5.60. The molecule has 26 heavy (non-hydrogen) atoms. The summed E-state index contributed by atoms with van der Waals surface area (Å²) in [6, 6.07) is 16.1. The summed E-state index contributed by atoms with van der Waals surface area (Å²) >= 11 is 0. The number of nitrogens with zero attached hydrogens (tertiary/aromatic N) is 3. The molecule has 0 bridgehead atoms. The van der Waals surface area contributed by atoms with Crippen LogP contribution in [0.15, 0.2) is 48.5 Å². The van der Waals surface area contributed by atoms with Crippen LogP contribution in [0, 0.1) is 0 Å². The standard InChI is InChI=1S/C20H24N4O2/c1-24-22-17(20(23-24)16-7-5-4-6-8-16)14-21-12-11-15-9-10-18(25-2)19(13-15)26-3/h4-10,13,21H,11-12,14H2,1-3H3. The van der Waals surface area contributed by atoms with Gasteiger partial charge in [0.25, 0.3) is 0 Å². The molecule has 1 heterocycles. The molecule has 1 N–H and O–H groups in total. The third kappa shape index (κ3) is 4.21. The lowest BCUT2D eigenvalue weighted by Crippen LogP contribution is -2.17. The van der Waals surface area contributed by atoms with Crippen molar-refractivity contribution in [1.29, 1.82) is 0 Å². The molecule has 2 aromatic carbocycles. The van der Waals surface area contributed by atoms with Crippen LogP contribution < -0.4 is 14.8 Å². The van der Waals surface area contributed by atoms with Gasteiger partial charge in [-0.15, -0.1) is 0 Å². The van der Waals surface area contributed by atoms with E-state index in [9.17, 15) is 0 Å². The highest BCUT2D eigenvalue weighted by Crippen LogP contribution is 2.27. The van der Waals surface area contributed by atoms with E-state index in [4.69, 9.17) is 9.47 Å². The first-order valence-electron chi connectivity index (χ1n) is 8.58. The molecule has 3 aromatic rings. The Morgan fingerprint density at radius 1 is 0.962 bits per heavy atom. The fraction of sp³-hybridized carbons (Fsp3) is 0.300. The zero-order chi connectivity index (χ0) is 18.4. The quantitative estimate of drug-likeness (QED) is 0.632. The van der Waals surface area contributed by atoms with Crippen molar-refractivity contribution in [3.8, 4) is 22.8 Å². The van der Waals surface area contributed by atoms with Gasteiger partial charge in [-0.1, -0.05) is 36.4 Å². The Hall–Kier alpha value is -2.86. The number of aromatic nitrogens is 3. The molecule has 0 aliphatic rings. The first kappa shape index (κ1) is 17.9. The molecule has 0 fully saturated rings. The van der Waals surface area contributed by atoms with Gasteiger partial charge in [0.05, 0.1) is 14.2 Å². The molecule has 0 saturated heterocycles. The van der Waals surface area contributed by atoms with Gasteiger partial charge in [-0.2, -0.15) is 15.0 Å². The summed E-state index contributed by atoms with van der Waals surface area (Å²) in [6.45, 7) is 1.51. The van der Waals surface area contributed by atoms with Crippen molar-refractivity contribution in [1.82, 2.24) is 20.3 Å². The van der Waals surface area contributed by atoms with Crippen LogP contribution in [0.5, 0.6) is 11.5 Å². The van der Waals surface area contributed by atoms with Crippen LogP contribution in [-0.2, 0) is 20.0 Å². The van der Waals surface area contributed by atoms with Crippen molar-refractivity contribution in [3.05, 3.63) is 59.8 Å². The van der Waals surface area contributed by atoms with Gasteiger partial charge in [0, 0.05) is 19.2 Å². The van der Waals surface area contributed by atoms with Crippen molar-refractivity contribution in [2.24, 2.45) is 7.05 Å². The molecule has 3 rings (SSSR count). The van der Waals surface area contributed by atoms with E-state index in [0.717, 1.165) is 41.4 Å².